The Hall–Kier alpha value is -3.04. The van der Waals surface area contributed by atoms with Gasteiger partial charge in [0.1, 0.15) is 0 Å². The Balaban J connectivity index is 1.85. The van der Waals surface area contributed by atoms with Gasteiger partial charge in [-0.25, -0.2) is 18.2 Å². The molecule has 2 aromatic carbocycles. The molecule has 158 valence electrons. The molecule has 1 unspecified atom stereocenters. The van der Waals surface area contributed by atoms with E-state index >= 15 is 0 Å². The van der Waals surface area contributed by atoms with Gasteiger partial charge in [-0.1, -0.05) is 32.0 Å². The highest BCUT2D eigenvalue weighted by molar-refractivity contribution is 7.89. The van der Waals surface area contributed by atoms with E-state index in [1.54, 1.807) is 45.0 Å². The number of esters is 1. The Morgan fingerprint density at radius 3 is 2.53 bits per heavy atom. The Morgan fingerprint density at radius 1 is 1.13 bits per heavy atom. The third-order valence-corrected chi connectivity index (χ3v) is 6.76. The SMILES string of the molecule is CCN(CC)S(=O)(=O)c1cccc(C(=O)OC(C)c2nc3ccccc3c(=O)[nH]2)c1. The molecule has 0 aliphatic carbocycles. The van der Waals surface area contributed by atoms with Crippen molar-refractivity contribution in [3.8, 4) is 0 Å². The van der Waals surface area contributed by atoms with Crippen molar-refractivity contribution in [1.82, 2.24) is 14.3 Å². The summed E-state index contributed by atoms with van der Waals surface area (Å²) in [4.78, 5) is 31.8. The lowest BCUT2D eigenvalue weighted by molar-refractivity contribution is 0.0319. The molecule has 9 heteroatoms. The number of H-pyrrole nitrogens is 1. The van der Waals surface area contributed by atoms with E-state index in [0.717, 1.165) is 0 Å². The number of hydrogen-bond donors (Lipinski definition) is 1. The van der Waals surface area contributed by atoms with Gasteiger partial charge in [-0.15, -0.1) is 0 Å². The predicted molar refractivity (Wildman–Crippen MR) is 113 cm³/mol. The van der Waals surface area contributed by atoms with Gasteiger partial charge in [0, 0.05) is 13.1 Å². The monoisotopic (exact) mass is 429 g/mol. The number of nitrogens with zero attached hydrogens (tertiary/aromatic N) is 2. The average Bonchev–Trinajstić information content (AvgIpc) is 2.74. The number of benzene rings is 2. The van der Waals surface area contributed by atoms with Crippen LogP contribution in [0.25, 0.3) is 10.9 Å². The van der Waals surface area contributed by atoms with Crippen LogP contribution in [0.15, 0.2) is 58.2 Å². The van der Waals surface area contributed by atoms with Gasteiger partial charge in [0.15, 0.2) is 11.9 Å². The quantitative estimate of drug-likeness (QED) is 0.579. The van der Waals surface area contributed by atoms with E-state index in [1.165, 1.54) is 28.6 Å². The molecule has 8 nitrogen and oxygen atoms in total. The lowest BCUT2D eigenvalue weighted by Gasteiger charge is -2.19. The van der Waals surface area contributed by atoms with Crippen LogP contribution in [-0.2, 0) is 14.8 Å². The summed E-state index contributed by atoms with van der Waals surface area (Å²) in [7, 11) is -3.70. The Morgan fingerprint density at radius 2 is 1.83 bits per heavy atom. The maximum absolute atomic E-state index is 12.7. The molecule has 0 fully saturated rings. The summed E-state index contributed by atoms with van der Waals surface area (Å²) in [6.45, 7) is 5.73. The highest BCUT2D eigenvalue weighted by atomic mass is 32.2. The van der Waals surface area contributed by atoms with Crippen LogP contribution in [0.4, 0.5) is 0 Å². The lowest BCUT2D eigenvalue weighted by Crippen LogP contribution is -2.30. The second-order valence-corrected chi connectivity index (χ2v) is 8.57. The largest absolute Gasteiger partial charge is 0.451 e. The van der Waals surface area contributed by atoms with Crippen LogP contribution in [0.1, 0.15) is 43.1 Å². The highest BCUT2D eigenvalue weighted by Crippen LogP contribution is 2.20. The summed E-state index contributed by atoms with van der Waals surface area (Å²) in [6, 6.07) is 12.6. The fraction of sp³-hybridized carbons (Fsp3) is 0.286. The minimum Gasteiger partial charge on any atom is -0.451 e. The van der Waals surface area contributed by atoms with Gasteiger partial charge in [0.25, 0.3) is 5.56 Å². The molecule has 1 atom stereocenters. The summed E-state index contributed by atoms with van der Waals surface area (Å²) >= 11 is 0. The Bertz CT molecular complexity index is 1230. The molecule has 1 N–H and O–H groups in total. The molecule has 0 bridgehead atoms. The molecule has 3 rings (SSSR count). The summed E-state index contributed by atoms with van der Waals surface area (Å²) in [5, 5.41) is 0.439. The first kappa shape index (κ1) is 21.7. The number of rotatable bonds is 7. The first-order valence-corrected chi connectivity index (χ1v) is 11.0. The minimum atomic E-state index is -3.70. The van der Waals surface area contributed by atoms with Crippen LogP contribution in [0.3, 0.4) is 0 Å². The zero-order chi connectivity index (χ0) is 21.9. The van der Waals surface area contributed by atoms with Crippen LogP contribution < -0.4 is 5.56 Å². The lowest BCUT2D eigenvalue weighted by atomic mass is 10.2. The number of sulfonamides is 1. The Labute approximate surface area is 174 Å². The van der Waals surface area contributed by atoms with E-state index in [-0.39, 0.29) is 21.8 Å². The Kier molecular flexibility index (Phi) is 6.33. The molecule has 0 spiro atoms. The van der Waals surface area contributed by atoms with Crippen molar-refractivity contribution in [1.29, 1.82) is 0 Å². The topological polar surface area (TPSA) is 109 Å². The number of fused-ring (bicyclic) bond motifs is 1. The number of ether oxygens (including phenoxy) is 1. The molecular weight excluding hydrogens is 406 g/mol. The average molecular weight is 429 g/mol. The molecule has 1 aromatic heterocycles. The third kappa shape index (κ3) is 4.27. The number of nitrogens with one attached hydrogen (secondary N) is 1. The number of carbonyl (C=O) groups excluding carboxylic acids is 1. The second-order valence-electron chi connectivity index (χ2n) is 6.63. The number of carbonyl (C=O) groups is 1. The van der Waals surface area contributed by atoms with E-state index in [4.69, 9.17) is 4.74 Å². The standard InChI is InChI=1S/C21H23N3O5S/c1-4-24(5-2)30(27,28)16-10-8-9-15(13-16)21(26)29-14(3)19-22-18-12-7-6-11-17(18)20(25)23-19/h6-14H,4-5H2,1-3H3,(H,22,23,25). The number of hydrogen-bond acceptors (Lipinski definition) is 6. The van der Waals surface area contributed by atoms with E-state index < -0.39 is 22.1 Å². The molecule has 0 aliphatic rings. The first-order chi connectivity index (χ1) is 14.3. The number of aromatic nitrogens is 2. The van der Waals surface area contributed by atoms with Gasteiger partial charge in [0.2, 0.25) is 10.0 Å². The van der Waals surface area contributed by atoms with Crippen molar-refractivity contribution in [2.24, 2.45) is 0 Å². The second kappa shape index (κ2) is 8.76. The zero-order valence-corrected chi connectivity index (χ0v) is 17.8. The van der Waals surface area contributed by atoms with Gasteiger partial charge in [-0.3, -0.25) is 4.79 Å². The molecule has 30 heavy (non-hydrogen) atoms. The zero-order valence-electron chi connectivity index (χ0n) is 17.0. The molecule has 0 saturated heterocycles. The number of para-hydroxylation sites is 1. The highest BCUT2D eigenvalue weighted by Gasteiger charge is 2.24. The van der Waals surface area contributed by atoms with Crippen molar-refractivity contribution >= 4 is 26.9 Å². The number of aromatic amines is 1. The summed E-state index contributed by atoms with van der Waals surface area (Å²) in [5.41, 5.74) is 0.260. The van der Waals surface area contributed by atoms with E-state index in [9.17, 15) is 18.0 Å². The smallest absolute Gasteiger partial charge is 0.338 e. The predicted octanol–water partition coefficient (Wildman–Crippen LogP) is 2.87. The minimum absolute atomic E-state index is 0.0190. The fourth-order valence-electron chi connectivity index (χ4n) is 3.08. The van der Waals surface area contributed by atoms with Gasteiger partial charge in [0.05, 0.1) is 21.4 Å². The van der Waals surface area contributed by atoms with Crippen LogP contribution in [0, 0.1) is 0 Å². The van der Waals surface area contributed by atoms with E-state index in [0.29, 0.717) is 24.0 Å². The summed E-state index contributed by atoms with van der Waals surface area (Å²) in [5.74, 6) is -0.506. The van der Waals surface area contributed by atoms with Crippen molar-refractivity contribution in [3.63, 3.8) is 0 Å². The molecule has 3 aromatic rings. The fourth-order valence-corrected chi connectivity index (χ4v) is 4.58. The van der Waals surface area contributed by atoms with Crippen LogP contribution >= 0.6 is 0 Å². The van der Waals surface area contributed by atoms with Crippen molar-refractivity contribution in [2.45, 2.75) is 31.8 Å². The van der Waals surface area contributed by atoms with Gasteiger partial charge >= 0.3 is 5.97 Å². The van der Waals surface area contributed by atoms with E-state index in [1.807, 2.05) is 0 Å². The summed E-state index contributed by atoms with van der Waals surface area (Å²) < 4.78 is 32.1. The normalized spacial score (nSPS) is 12.8. The van der Waals surface area contributed by atoms with Gasteiger partial charge in [-0.2, -0.15) is 4.31 Å². The van der Waals surface area contributed by atoms with Gasteiger partial charge < -0.3 is 9.72 Å². The van der Waals surface area contributed by atoms with Crippen LogP contribution in [0.5, 0.6) is 0 Å². The maximum atomic E-state index is 12.7. The molecule has 0 saturated carbocycles. The molecule has 0 amide bonds. The molecule has 1 heterocycles. The van der Waals surface area contributed by atoms with Crippen molar-refractivity contribution < 1.29 is 17.9 Å². The van der Waals surface area contributed by atoms with E-state index in [2.05, 4.69) is 9.97 Å². The van der Waals surface area contributed by atoms with Crippen LogP contribution in [0.2, 0.25) is 0 Å². The molecular formula is C21H23N3O5S. The van der Waals surface area contributed by atoms with Gasteiger partial charge in [-0.05, 0) is 37.3 Å². The summed E-state index contributed by atoms with van der Waals surface area (Å²) in [6.07, 6.45) is -0.835. The van der Waals surface area contributed by atoms with Crippen molar-refractivity contribution in [2.75, 3.05) is 13.1 Å². The maximum Gasteiger partial charge on any atom is 0.338 e. The van der Waals surface area contributed by atoms with Crippen LogP contribution in [-0.4, -0.2) is 41.7 Å². The first-order valence-electron chi connectivity index (χ1n) is 9.58. The van der Waals surface area contributed by atoms with Crippen molar-refractivity contribution in [3.05, 3.63) is 70.3 Å². The molecule has 0 aliphatic heterocycles. The third-order valence-electron chi connectivity index (χ3n) is 4.71. The molecule has 0 radical (unpaired) electrons.